The highest BCUT2D eigenvalue weighted by Gasteiger charge is 2.05. The van der Waals surface area contributed by atoms with Gasteiger partial charge in [0.05, 0.1) is 5.52 Å². The van der Waals surface area contributed by atoms with Gasteiger partial charge < -0.3 is 14.4 Å². The highest BCUT2D eigenvalue weighted by Crippen LogP contribution is 2.21. The van der Waals surface area contributed by atoms with Crippen LogP contribution in [0.2, 0.25) is 0 Å². The number of nitrogens with zero attached hydrogens (tertiary/aromatic N) is 1. The zero-order chi connectivity index (χ0) is 20.9. The van der Waals surface area contributed by atoms with Crippen LogP contribution in [0.1, 0.15) is 28.7 Å². The first-order chi connectivity index (χ1) is 14.6. The number of aliphatic carboxylic acids is 1. The van der Waals surface area contributed by atoms with Gasteiger partial charge in [-0.25, -0.2) is 0 Å². The first-order valence-electron chi connectivity index (χ1n) is 10.1. The second-order valence-electron chi connectivity index (χ2n) is 7.60. The van der Waals surface area contributed by atoms with E-state index < -0.39 is 5.97 Å². The summed E-state index contributed by atoms with van der Waals surface area (Å²) in [5.41, 5.74) is 5.94. The molecule has 0 bridgehead atoms. The number of ether oxygens (including phenoxy) is 1. The predicted molar refractivity (Wildman–Crippen MR) is 119 cm³/mol. The minimum Gasteiger partial charge on any atom is -0.489 e. The van der Waals surface area contributed by atoms with Crippen molar-refractivity contribution in [2.45, 2.75) is 32.9 Å². The molecule has 30 heavy (non-hydrogen) atoms. The fourth-order valence-electron chi connectivity index (χ4n) is 3.69. The van der Waals surface area contributed by atoms with Crippen molar-refractivity contribution in [1.82, 2.24) is 4.57 Å². The van der Waals surface area contributed by atoms with Crippen LogP contribution in [0.3, 0.4) is 0 Å². The highest BCUT2D eigenvalue weighted by atomic mass is 16.5. The Morgan fingerprint density at radius 2 is 1.60 bits per heavy atom. The van der Waals surface area contributed by atoms with Gasteiger partial charge in [-0.3, -0.25) is 4.79 Å². The van der Waals surface area contributed by atoms with Gasteiger partial charge >= 0.3 is 5.97 Å². The molecule has 0 atom stereocenters. The van der Waals surface area contributed by atoms with Crippen molar-refractivity contribution in [2.75, 3.05) is 0 Å². The summed E-state index contributed by atoms with van der Waals surface area (Å²) in [4.78, 5) is 10.7. The first kappa shape index (κ1) is 19.8. The van der Waals surface area contributed by atoms with E-state index in [9.17, 15) is 4.79 Å². The number of rotatable bonds is 8. The Morgan fingerprint density at radius 3 is 2.33 bits per heavy atom. The van der Waals surface area contributed by atoms with Crippen molar-refractivity contribution < 1.29 is 14.6 Å². The van der Waals surface area contributed by atoms with Gasteiger partial charge in [0, 0.05) is 19.2 Å². The average Bonchev–Trinajstić information content (AvgIpc) is 3.16. The van der Waals surface area contributed by atoms with Gasteiger partial charge in [-0.1, -0.05) is 54.6 Å². The predicted octanol–water partition coefficient (Wildman–Crippen LogP) is 5.59. The van der Waals surface area contributed by atoms with Gasteiger partial charge in [0.25, 0.3) is 0 Å². The monoisotopic (exact) mass is 399 g/mol. The maximum absolute atomic E-state index is 10.7. The van der Waals surface area contributed by atoms with Crippen LogP contribution >= 0.6 is 0 Å². The van der Waals surface area contributed by atoms with E-state index in [2.05, 4.69) is 66.2 Å². The standard InChI is InChI=1S/C26H25NO3/c1-19-3-2-4-23-15-16-27(26(19)23)17-21-5-7-22(8-6-21)18-30-24-12-9-20(10-13-24)11-14-25(28)29/h2-10,12-13,15-16H,11,14,17-18H2,1H3,(H,28,29). The van der Waals surface area contributed by atoms with Gasteiger partial charge in [-0.05, 0) is 59.2 Å². The van der Waals surface area contributed by atoms with E-state index in [1.54, 1.807) is 0 Å². The van der Waals surface area contributed by atoms with E-state index in [-0.39, 0.29) is 6.42 Å². The summed E-state index contributed by atoms with van der Waals surface area (Å²) >= 11 is 0. The van der Waals surface area contributed by atoms with E-state index in [0.717, 1.165) is 23.4 Å². The molecule has 0 spiro atoms. The van der Waals surface area contributed by atoms with Crippen LogP contribution in [0, 0.1) is 6.92 Å². The molecule has 1 heterocycles. The fourth-order valence-corrected chi connectivity index (χ4v) is 3.69. The quantitative estimate of drug-likeness (QED) is 0.420. The zero-order valence-electron chi connectivity index (χ0n) is 17.0. The van der Waals surface area contributed by atoms with E-state index in [0.29, 0.717) is 13.0 Å². The average molecular weight is 399 g/mol. The number of aromatic nitrogens is 1. The van der Waals surface area contributed by atoms with Crippen LogP contribution in [-0.2, 0) is 24.4 Å². The molecular formula is C26H25NO3. The van der Waals surface area contributed by atoms with Crippen LogP contribution < -0.4 is 4.74 Å². The number of para-hydroxylation sites is 1. The molecule has 0 saturated carbocycles. The minimum absolute atomic E-state index is 0.144. The molecule has 152 valence electrons. The summed E-state index contributed by atoms with van der Waals surface area (Å²) in [6.45, 7) is 3.49. The Hall–Kier alpha value is -3.53. The molecule has 0 aliphatic carbocycles. The molecule has 4 nitrogen and oxygen atoms in total. The fraction of sp³-hybridized carbons (Fsp3) is 0.192. The molecule has 4 rings (SSSR count). The highest BCUT2D eigenvalue weighted by molar-refractivity contribution is 5.83. The van der Waals surface area contributed by atoms with Gasteiger partial charge in [0.2, 0.25) is 0 Å². The third-order valence-electron chi connectivity index (χ3n) is 5.32. The maximum atomic E-state index is 10.7. The van der Waals surface area contributed by atoms with E-state index in [1.165, 1.54) is 22.0 Å². The van der Waals surface area contributed by atoms with Gasteiger partial charge in [-0.2, -0.15) is 0 Å². The van der Waals surface area contributed by atoms with Crippen molar-refractivity contribution in [1.29, 1.82) is 0 Å². The van der Waals surface area contributed by atoms with Crippen LogP contribution in [0.4, 0.5) is 0 Å². The Labute approximate surface area is 176 Å². The lowest BCUT2D eigenvalue weighted by atomic mass is 10.1. The summed E-state index contributed by atoms with van der Waals surface area (Å²) in [5.74, 6) is 0.00584. The number of benzene rings is 3. The first-order valence-corrected chi connectivity index (χ1v) is 10.1. The summed E-state index contributed by atoms with van der Waals surface area (Å²) in [6.07, 6.45) is 2.83. The zero-order valence-corrected chi connectivity index (χ0v) is 17.0. The van der Waals surface area contributed by atoms with Crippen molar-refractivity contribution >= 4 is 16.9 Å². The lowest BCUT2D eigenvalue weighted by Gasteiger charge is -2.10. The Balaban J connectivity index is 1.35. The Bertz CT molecular complexity index is 1140. The number of carbonyl (C=O) groups is 1. The van der Waals surface area contributed by atoms with Gasteiger partial charge in [0.15, 0.2) is 0 Å². The van der Waals surface area contributed by atoms with Crippen LogP contribution in [0.5, 0.6) is 5.75 Å². The molecule has 4 aromatic rings. The molecule has 0 radical (unpaired) electrons. The Morgan fingerprint density at radius 1 is 0.900 bits per heavy atom. The molecule has 3 aromatic carbocycles. The summed E-state index contributed by atoms with van der Waals surface area (Å²) in [6, 6.07) is 24.7. The third kappa shape index (κ3) is 4.71. The molecule has 0 aliphatic heterocycles. The number of hydrogen-bond donors (Lipinski definition) is 1. The molecule has 0 fully saturated rings. The maximum Gasteiger partial charge on any atom is 0.303 e. The molecule has 0 aliphatic rings. The van der Waals surface area contributed by atoms with Crippen LogP contribution in [0.25, 0.3) is 10.9 Å². The Kier molecular flexibility index (Phi) is 5.84. The summed E-state index contributed by atoms with van der Waals surface area (Å²) in [7, 11) is 0. The van der Waals surface area contributed by atoms with E-state index in [1.807, 2.05) is 24.3 Å². The number of fused-ring (bicyclic) bond motifs is 1. The smallest absolute Gasteiger partial charge is 0.303 e. The molecule has 0 amide bonds. The van der Waals surface area contributed by atoms with Crippen LogP contribution in [-0.4, -0.2) is 15.6 Å². The number of aryl methyl sites for hydroxylation is 2. The minimum atomic E-state index is -0.779. The lowest BCUT2D eigenvalue weighted by Crippen LogP contribution is -2.00. The number of carboxylic acids is 1. The lowest BCUT2D eigenvalue weighted by molar-refractivity contribution is -0.136. The van der Waals surface area contributed by atoms with E-state index in [4.69, 9.17) is 9.84 Å². The van der Waals surface area contributed by atoms with E-state index >= 15 is 0 Å². The van der Waals surface area contributed by atoms with Crippen LogP contribution in [0.15, 0.2) is 79.0 Å². The molecule has 0 unspecified atom stereocenters. The summed E-state index contributed by atoms with van der Waals surface area (Å²) < 4.78 is 8.16. The largest absolute Gasteiger partial charge is 0.489 e. The number of hydrogen-bond acceptors (Lipinski definition) is 2. The van der Waals surface area contributed by atoms with Crippen molar-refractivity contribution in [3.8, 4) is 5.75 Å². The van der Waals surface area contributed by atoms with Gasteiger partial charge in [0.1, 0.15) is 12.4 Å². The molecule has 1 aromatic heterocycles. The molecule has 0 saturated heterocycles. The van der Waals surface area contributed by atoms with Crippen molar-refractivity contribution in [3.05, 3.63) is 101 Å². The molecule has 4 heteroatoms. The SMILES string of the molecule is Cc1cccc2ccn(Cc3ccc(COc4ccc(CCC(=O)O)cc4)cc3)c12. The topological polar surface area (TPSA) is 51.5 Å². The molecule has 1 N–H and O–H groups in total. The third-order valence-corrected chi connectivity index (χ3v) is 5.32. The second kappa shape index (κ2) is 8.87. The number of carboxylic acid groups (broad SMARTS) is 1. The molecular weight excluding hydrogens is 374 g/mol. The van der Waals surface area contributed by atoms with Crippen molar-refractivity contribution in [2.24, 2.45) is 0 Å². The van der Waals surface area contributed by atoms with Gasteiger partial charge in [-0.15, -0.1) is 0 Å². The second-order valence-corrected chi connectivity index (χ2v) is 7.60. The normalized spacial score (nSPS) is 11.0. The summed E-state index contributed by atoms with van der Waals surface area (Å²) in [5, 5.41) is 10.0. The van der Waals surface area contributed by atoms with Crippen molar-refractivity contribution in [3.63, 3.8) is 0 Å².